The van der Waals surface area contributed by atoms with Gasteiger partial charge in [0.1, 0.15) is 35.3 Å². The molecule has 0 saturated heterocycles. The van der Waals surface area contributed by atoms with Crippen molar-refractivity contribution in [3.63, 3.8) is 0 Å². The van der Waals surface area contributed by atoms with Crippen molar-refractivity contribution in [2.24, 2.45) is 0 Å². The van der Waals surface area contributed by atoms with Crippen molar-refractivity contribution in [2.75, 3.05) is 5.32 Å². The molecule has 146 valence electrons. The minimum Gasteiger partial charge on any atom is -0.488 e. The predicted molar refractivity (Wildman–Crippen MR) is 101 cm³/mol. The van der Waals surface area contributed by atoms with E-state index in [2.05, 4.69) is 10.5 Å². The molecule has 5 nitrogen and oxygen atoms in total. The van der Waals surface area contributed by atoms with E-state index in [0.29, 0.717) is 22.7 Å². The van der Waals surface area contributed by atoms with E-state index in [1.165, 1.54) is 0 Å². The molecule has 1 N–H and O–H groups in total. The monoisotopic (exact) mass is 386 g/mol. The number of hydrogen-bond donors (Lipinski definition) is 1. The van der Waals surface area contributed by atoms with Crippen LogP contribution in [0.3, 0.4) is 0 Å². The lowest BCUT2D eigenvalue weighted by molar-refractivity contribution is 0.101. The molecule has 2 aromatic carbocycles. The van der Waals surface area contributed by atoms with Crippen LogP contribution in [-0.2, 0) is 6.61 Å². The first-order chi connectivity index (χ1) is 13.3. The number of nitrogens with one attached hydrogen (secondary N) is 1. The van der Waals surface area contributed by atoms with Gasteiger partial charge in [0.15, 0.2) is 0 Å². The number of carbonyl (C=O) groups is 1. The smallest absolute Gasteiger partial charge is 0.261 e. The molecular weight excluding hydrogens is 366 g/mol. The zero-order valence-electron chi connectivity index (χ0n) is 16.0. The highest BCUT2D eigenvalue weighted by molar-refractivity contribution is 6.05. The van der Waals surface area contributed by atoms with Crippen molar-refractivity contribution in [1.82, 2.24) is 5.16 Å². The fourth-order valence-corrected chi connectivity index (χ4v) is 2.78. The highest BCUT2D eigenvalue weighted by Gasteiger charge is 2.20. The van der Waals surface area contributed by atoms with Crippen LogP contribution in [0.4, 0.5) is 14.5 Å². The van der Waals surface area contributed by atoms with Gasteiger partial charge in [0.05, 0.1) is 11.3 Å². The van der Waals surface area contributed by atoms with Gasteiger partial charge in [-0.1, -0.05) is 17.3 Å². The second kappa shape index (κ2) is 7.80. The summed E-state index contributed by atoms with van der Waals surface area (Å²) in [5.41, 5.74) is 2.98. The Hall–Kier alpha value is -3.22. The Kier molecular flexibility index (Phi) is 5.44. The van der Waals surface area contributed by atoms with E-state index in [-0.39, 0.29) is 12.4 Å². The van der Waals surface area contributed by atoms with Crippen LogP contribution in [0.5, 0.6) is 5.75 Å². The van der Waals surface area contributed by atoms with Gasteiger partial charge in [-0.05, 0) is 44.9 Å². The lowest BCUT2D eigenvalue weighted by Gasteiger charge is -2.12. The van der Waals surface area contributed by atoms with E-state index in [9.17, 15) is 13.6 Å². The molecule has 0 aliphatic heterocycles. The van der Waals surface area contributed by atoms with Gasteiger partial charge in [-0.15, -0.1) is 0 Å². The summed E-state index contributed by atoms with van der Waals surface area (Å²) in [4.78, 5) is 12.4. The maximum Gasteiger partial charge on any atom is 0.261 e. The highest BCUT2D eigenvalue weighted by Crippen LogP contribution is 2.25. The summed E-state index contributed by atoms with van der Waals surface area (Å²) in [7, 11) is 0. The van der Waals surface area contributed by atoms with Crippen molar-refractivity contribution >= 4 is 11.6 Å². The number of benzene rings is 2. The average Bonchev–Trinajstić information content (AvgIpc) is 2.94. The average molecular weight is 386 g/mol. The first kappa shape index (κ1) is 19.5. The van der Waals surface area contributed by atoms with Crippen molar-refractivity contribution in [2.45, 2.75) is 34.3 Å². The minimum atomic E-state index is -1.00. The Labute approximate surface area is 161 Å². The van der Waals surface area contributed by atoms with Gasteiger partial charge >= 0.3 is 0 Å². The number of amides is 1. The lowest BCUT2D eigenvalue weighted by Crippen LogP contribution is -2.17. The van der Waals surface area contributed by atoms with Crippen LogP contribution >= 0.6 is 0 Å². The third kappa shape index (κ3) is 3.88. The van der Waals surface area contributed by atoms with Gasteiger partial charge in [0.2, 0.25) is 0 Å². The summed E-state index contributed by atoms with van der Waals surface area (Å²) in [5.74, 6) is -2.32. The van der Waals surface area contributed by atoms with E-state index in [1.807, 2.05) is 19.9 Å². The molecule has 28 heavy (non-hydrogen) atoms. The van der Waals surface area contributed by atoms with E-state index < -0.39 is 23.1 Å². The molecule has 3 rings (SSSR count). The molecule has 3 aromatic rings. The summed E-state index contributed by atoms with van der Waals surface area (Å²) >= 11 is 0. The summed E-state index contributed by atoms with van der Waals surface area (Å²) < 4.78 is 39.4. The number of hydrogen-bond acceptors (Lipinski definition) is 4. The van der Waals surface area contributed by atoms with E-state index in [1.54, 1.807) is 26.0 Å². The number of rotatable bonds is 5. The maximum absolute atomic E-state index is 14.5. The molecule has 0 radical (unpaired) electrons. The van der Waals surface area contributed by atoms with Crippen molar-refractivity contribution < 1.29 is 22.8 Å². The molecule has 1 heterocycles. The molecule has 0 aliphatic carbocycles. The largest absolute Gasteiger partial charge is 0.488 e. The minimum absolute atomic E-state index is 0.0294. The molecule has 0 fully saturated rings. The lowest BCUT2D eigenvalue weighted by atomic mass is 10.1. The zero-order chi connectivity index (χ0) is 20.4. The van der Waals surface area contributed by atoms with E-state index in [4.69, 9.17) is 9.26 Å². The van der Waals surface area contributed by atoms with Crippen molar-refractivity contribution in [1.29, 1.82) is 0 Å². The molecule has 0 unspecified atom stereocenters. The second-order valence-electron chi connectivity index (χ2n) is 6.55. The second-order valence-corrected chi connectivity index (χ2v) is 6.55. The first-order valence-corrected chi connectivity index (χ1v) is 8.69. The Bertz CT molecular complexity index is 1000. The van der Waals surface area contributed by atoms with Crippen LogP contribution in [0.15, 0.2) is 34.9 Å². The molecule has 7 heteroatoms. The topological polar surface area (TPSA) is 64.4 Å². The quantitative estimate of drug-likeness (QED) is 0.669. The molecule has 1 amide bonds. The number of anilines is 1. The molecule has 0 aliphatic rings. The maximum atomic E-state index is 14.5. The van der Waals surface area contributed by atoms with Crippen LogP contribution in [0.25, 0.3) is 0 Å². The first-order valence-electron chi connectivity index (χ1n) is 8.69. The third-order valence-corrected chi connectivity index (χ3v) is 4.66. The van der Waals surface area contributed by atoms with Crippen LogP contribution in [0, 0.1) is 39.3 Å². The number of aryl methyl sites for hydroxylation is 3. The number of ether oxygens (including phenoxy) is 1. The number of carbonyl (C=O) groups excluding carboxylic acids is 1. The van der Waals surface area contributed by atoms with Gasteiger partial charge in [-0.2, -0.15) is 0 Å². The Morgan fingerprint density at radius 3 is 2.43 bits per heavy atom. The zero-order valence-corrected chi connectivity index (χ0v) is 16.0. The summed E-state index contributed by atoms with van der Waals surface area (Å²) in [5, 5.41) is 6.36. The van der Waals surface area contributed by atoms with Crippen LogP contribution in [0.1, 0.15) is 38.5 Å². The van der Waals surface area contributed by atoms with Gasteiger partial charge in [-0.25, -0.2) is 8.78 Å². The fraction of sp³-hybridized carbons (Fsp3) is 0.238. The summed E-state index contributed by atoms with van der Waals surface area (Å²) in [6.45, 7) is 7.23. The molecule has 1 aromatic heterocycles. The number of halogens is 2. The predicted octanol–water partition coefficient (Wildman–Crippen LogP) is 5.02. The molecule has 0 saturated carbocycles. The number of nitrogens with zero attached hydrogens (tertiary/aromatic N) is 1. The fourth-order valence-electron chi connectivity index (χ4n) is 2.78. The SMILES string of the molecule is Cc1cccc(NC(=O)c2c(F)cc(OCc3c(C)noc3C)cc2F)c1C. The molecule has 0 atom stereocenters. The molecular formula is C21H20F2N2O3. The van der Waals surface area contributed by atoms with Crippen LogP contribution < -0.4 is 10.1 Å². The summed E-state index contributed by atoms with van der Waals surface area (Å²) in [6.07, 6.45) is 0. The third-order valence-electron chi connectivity index (χ3n) is 4.66. The van der Waals surface area contributed by atoms with Crippen LogP contribution in [0.2, 0.25) is 0 Å². The van der Waals surface area contributed by atoms with E-state index in [0.717, 1.165) is 23.3 Å². The van der Waals surface area contributed by atoms with E-state index >= 15 is 0 Å². The van der Waals surface area contributed by atoms with Gasteiger partial charge in [0, 0.05) is 17.8 Å². The number of aromatic nitrogens is 1. The standard InChI is InChI=1S/C21H20F2N2O3/c1-11-6-5-7-19(12(11)2)24-21(26)20-17(22)8-15(9-18(20)23)27-10-16-13(3)25-28-14(16)4/h5-9H,10H2,1-4H3,(H,24,26). The van der Waals surface area contributed by atoms with Crippen LogP contribution in [-0.4, -0.2) is 11.1 Å². The Morgan fingerprint density at radius 2 is 1.82 bits per heavy atom. The highest BCUT2D eigenvalue weighted by atomic mass is 19.1. The van der Waals surface area contributed by atoms with Gasteiger partial charge in [0.25, 0.3) is 5.91 Å². The normalized spacial score (nSPS) is 10.8. The van der Waals surface area contributed by atoms with Gasteiger partial charge < -0.3 is 14.6 Å². The van der Waals surface area contributed by atoms with Gasteiger partial charge in [-0.3, -0.25) is 4.79 Å². The molecule has 0 bridgehead atoms. The summed E-state index contributed by atoms with van der Waals surface area (Å²) in [6, 6.07) is 7.29. The van der Waals surface area contributed by atoms with Crippen molar-refractivity contribution in [3.05, 3.63) is 75.7 Å². The molecule has 0 spiro atoms. The Morgan fingerprint density at radius 1 is 1.14 bits per heavy atom. The van der Waals surface area contributed by atoms with Crippen molar-refractivity contribution in [3.8, 4) is 5.75 Å². The Balaban J connectivity index is 1.79.